The Morgan fingerprint density at radius 3 is 2.65 bits per heavy atom. The molecule has 1 rings (SSSR count). The lowest BCUT2D eigenvalue weighted by Gasteiger charge is -2.15. The van der Waals surface area contributed by atoms with Gasteiger partial charge in [0.05, 0.1) is 19.2 Å². The highest BCUT2D eigenvalue weighted by molar-refractivity contribution is 6.32. The van der Waals surface area contributed by atoms with Gasteiger partial charge in [0.15, 0.2) is 18.1 Å². The van der Waals surface area contributed by atoms with E-state index in [1.54, 1.807) is 6.07 Å². The maximum atomic E-state index is 11.1. The van der Waals surface area contributed by atoms with Crippen molar-refractivity contribution in [3.8, 4) is 11.5 Å². The summed E-state index contributed by atoms with van der Waals surface area (Å²) in [4.78, 5) is 11.1. The molecule has 0 spiro atoms. The summed E-state index contributed by atoms with van der Waals surface area (Å²) < 4.78 is 15.1. The zero-order valence-electron chi connectivity index (χ0n) is 11.9. The zero-order chi connectivity index (χ0) is 15.1. The van der Waals surface area contributed by atoms with Crippen LogP contribution in [0.15, 0.2) is 12.1 Å². The Bertz CT molecular complexity index is 465. The van der Waals surface area contributed by atoms with Crippen LogP contribution in [0.3, 0.4) is 0 Å². The third kappa shape index (κ3) is 4.58. The molecule has 0 bridgehead atoms. The van der Waals surface area contributed by atoms with E-state index < -0.39 is 5.97 Å². The number of esters is 1. The van der Waals surface area contributed by atoms with Crippen LogP contribution in [-0.2, 0) is 16.0 Å². The fourth-order valence-corrected chi connectivity index (χ4v) is 1.96. The highest BCUT2D eigenvalue weighted by Gasteiger charge is 2.15. The summed E-state index contributed by atoms with van der Waals surface area (Å²) in [5.41, 5.74) is 6.89. The van der Waals surface area contributed by atoms with Crippen LogP contribution in [0.25, 0.3) is 0 Å². The first-order chi connectivity index (χ1) is 9.51. The van der Waals surface area contributed by atoms with Gasteiger partial charge in [-0.05, 0) is 30.5 Å². The van der Waals surface area contributed by atoms with Crippen molar-refractivity contribution in [1.82, 2.24) is 0 Å². The molecule has 1 atom stereocenters. The second kappa shape index (κ2) is 7.97. The molecule has 0 radical (unpaired) electrons. The van der Waals surface area contributed by atoms with Crippen molar-refractivity contribution in [2.45, 2.75) is 25.8 Å². The van der Waals surface area contributed by atoms with Gasteiger partial charge in [-0.1, -0.05) is 18.5 Å². The molecule has 5 nitrogen and oxygen atoms in total. The van der Waals surface area contributed by atoms with Gasteiger partial charge in [0.25, 0.3) is 0 Å². The molecule has 0 heterocycles. The third-order valence-corrected chi connectivity index (χ3v) is 3.15. The van der Waals surface area contributed by atoms with E-state index in [4.69, 9.17) is 26.8 Å². The molecule has 112 valence electrons. The van der Waals surface area contributed by atoms with Gasteiger partial charge in [-0.3, -0.25) is 0 Å². The number of nitrogens with two attached hydrogens (primary N) is 1. The quantitative estimate of drug-likeness (QED) is 0.782. The minimum atomic E-state index is -0.486. The molecule has 0 aliphatic rings. The van der Waals surface area contributed by atoms with Crippen molar-refractivity contribution in [1.29, 1.82) is 0 Å². The van der Waals surface area contributed by atoms with E-state index in [1.807, 2.05) is 13.0 Å². The Kier molecular flexibility index (Phi) is 6.61. The molecule has 2 N–H and O–H groups in total. The molecule has 6 heteroatoms. The van der Waals surface area contributed by atoms with E-state index in [-0.39, 0.29) is 12.6 Å². The number of benzene rings is 1. The molecule has 0 fully saturated rings. The second-order valence-corrected chi connectivity index (χ2v) is 4.75. The van der Waals surface area contributed by atoms with E-state index in [2.05, 4.69) is 4.74 Å². The van der Waals surface area contributed by atoms with Crippen molar-refractivity contribution in [3.05, 3.63) is 22.7 Å². The standard InChI is InChI=1S/C14H20ClNO4/c1-4-10(16)5-9-6-11(15)14(12(7-9)18-2)20-8-13(17)19-3/h6-7,10H,4-5,8,16H2,1-3H3. The van der Waals surface area contributed by atoms with E-state index in [0.717, 1.165) is 12.0 Å². The average Bonchev–Trinajstić information content (AvgIpc) is 2.44. The third-order valence-electron chi connectivity index (χ3n) is 2.87. The van der Waals surface area contributed by atoms with E-state index >= 15 is 0 Å². The summed E-state index contributed by atoms with van der Waals surface area (Å²) in [7, 11) is 2.81. The van der Waals surface area contributed by atoms with Gasteiger partial charge >= 0.3 is 5.97 Å². The Morgan fingerprint density at radius 2 is 2.10 bits per heavy atom. The van der Waals surface area contributed by atoms with Crippen LogP contribution in [0.2, 0.25) is 5.02 Å². The predicted octanol–water partition coefficient (Wildman–Crippen LogP) is 2.18. The molecule has 0 aromatic heterocycles. The zero-order valence-corrected chi connectivity index (χ0v) is 12.7. The first-order valence-corrected chi connectivity index (χ1v) is 6.71. The Hall–Kier alpha value is -1.46. The molecule has 0 saturated heterocycles. The van der Waals surface area contributed by atoms with Crippen molar-refractivity contribution < 1.29 is 19.0 Å². The normalized spacial score (nSPS) is 11.8. The van der Waals surface area contributed by atoms with Crippen LogP contribution >= 0.6 is 11.6 Å². The monoisotopic (exact) mass is 301 g/mol. The highest BCUT2D eigenvalue weighted by atomic mass is 35.5. The molecular formula is C14H20ClNO4. The number of hydrogen-bond donors (Lipinski definition) is 1. The lowest BCUT2D eigenvalue weighted by Crippen LogP contribution is -2.21. The molecule has 0 amide bonds. The van der Waals surface area contributed by atoms with E-state index in [0.29, 0.717) is 22.9 Å². The number of hydrogen-bond acceptors (Lipinski definition) is 5. The fourth-order valence-electron chi connectivity index (χ4n) is 1.67. The van der Waals surface area contributed by atoms with Gasteiger partial charge in [0.1, 0.15) is 0 Å². The molecule has 1 aromatic rings. The van der Waals surface area contributed by atoms with E-state index in [1.165, 1.54) is 14.2 Å². The van der Waals surface area contributed by atoms with Crippen LogP contribution in [0.4, 0.5) is 0 Å². The summed E-state index contributed by atoms with van der Waals surface area (Å²) in [5, 5.41) is 0.381. The number of carbonyl (C=O) groups is 1. The lowest BCUT2D eigenvalue weighted by atomic mass is 10.0. The fraction of sp³-hybridized carbons (Fsp3) is 0.500. The molecule has 0 saturated carbocycles. The summed E-state index contributed by atoms with van der Waals surface area (Å²) in [6.07, 6.45) is 1.57. The van der Waals surface area contributed by atoms with Crippen LogP contribution in [0, 0.1) is 0 Å². The molecule has 1 aromatic carbocycles. The van der Waals surface area contributed by atoms with Crippen LogP contribution in [0.1, 0.15) is 18.9 Å². The number of halogens is 1. The highest BCUT2D eigenvalue weighted by Crippen LogP contribution is 2.36. The SMILES string of the molecule is CCC(N)Cc1cc(Cl)c(OCC(=O)OC)c(OC)c1. The first-order valence-electron chi connectivity index (χ1n) is 6.33. The Labute approximate surface area is 123 Å². The van der Waals surface area contributed by atoms with E-state index in [9.17, 15) is 4.79 Å². The second-order valence-electron chi connectivity index (χ2n) is 4.35. The summed E-state index contributed by atoms with van der Waals surface area (Å²) in [6, 6.07) is 3.65. The summed E-state index contributed by atoms with van der Waals surface area (Å²) >= 11 is 6.17. The van der Waals surface area contributed by atoms with Crippen molar-refractivity contribution in [2.75, 3.05) is 20.8 Å². The summed E-state index contributed by atoms with van der Waals surface area (Å²) in [6.45, 7) is 1.80. The Morgan fingerprint density at radius 1 is 1.40 bits per heavy atom. The van der Waals surface area contributed by atoms with Gasteiger partial charge in [-0.2, -0.15) is 0 Å². The van der Waals surface area contributed by atoms with Gasteiger partial charge in [0, 0.05) is 6.04 Å². The van der Waals surface area contributed by atoms with Crippen molar-refractivity contribution >= 4 is 17.6 Å². The largest absolute Gasteiger partial charge is 0.493 e. The number of methoxy groups -OCH3 is 2. The maximum Gasteiger partial charge on any atom is 0.343 e. The number of rotatable bonds is 7. The van der Waals surface area contributed by atoms with Gasteiger partial charge < -0.3 is 19.9 Å². The topological polar surface area (TPSA) is 70.8 Å². The Balaban J connectivity index is 2.92. The predicted molar refractivity (Wildman–Crippen MR) is 77.5 cm³/mol. The minimum absolute atomic E-state index is 0.0672. The molecular weight excluding hydrogens is 282 g/mol. The maximum absolute atomic E-state index is 11.1. The average molecular weight is 302 g/mol. The van der Waals surface area contributed by atoms with Crippen molar-refractivity contribution in [3.63, 3.8) is 0 Å². The van der Waals surface area contributed by atoms with Crippen LogP contribution in [0.5, 0.6) is 11.5 Å². The first kappa shape index (κ1) is 16.6. The minimum Gasteiger partial charge on any atom is -0.493 e. The molecule has 1 unspecified atom stereocenters. The smallest absolute Gasteiger partial charge is 0.343 e. The van der Waals surface area contributed by atoms with Crippen LogP contribution in [-0.4, -0.2) is 32.8 Å². The van der Waals surface area contributed by atoms with Gasteiger partial charge in [-0.15, -0.1) is 0 Å². The summed E-state index contributed by atoms with van der Waals surface area (Å²) in [5.74, 6) is 0.313. The van der Waals surface area contributed by atoms with Crippen LogP contribution < -0.4 is 15.2 Å². The number of ether oxygens (including phenoxy) is 3. The molecule has 0 aliphatic heterocycles. The van der Waals surface area contributed by atoms with Gasteiger partial charge in [0.2, 0.25) is 0 Å². The lowest BCUT2D eigenvalue weighted by molar-refractivity contribution is -0.142. The van der Waals surface area contributed by atoms with Crippen molar-refractivity contribution in [2.24, 2.45) is 5.73 Å². The molecule has 20 heavy (non-hydrogen) atoms. The number of carbonyl (C=O) groups excluding carboxylic acids is 1. The van der Waals surface area contributed by atoms with Gasteiger partial charge in [-0.25, -0.2) is 4.79 Å². The molecule has 0 aliphatic carbocycles.